The van der Waals surface area contributed by atoms with Crippen LogP contribution in [0.25, 0.3) is 0 Å². The lowest BCUT2D eigenvalue weighted by atomic mass is 10.1. The zero-order valence-corrected chi connectivity index (χ0v) is 6.77. The van der Waals surface area contributed by atoms with Crippen LogP contribution in [0.4, 0.5) is 0 Å². The first kappa shape index (κ1) is 9.85. The second-order valence-corrected chi connectivity index (χ2v) is 2.70. The van der Waals surface area contributed by atoms with E-state index in [1.54, 1.807) is 7.05 Å². The van der Waals surface area contributed by atoms with Crippen LogP contribution in [0, 0.1) is 0 Å². The highest BCUT2D eigenvalue weighted by Crippen LogP contribution is 2.10. The van der Waals surface area contributed by atoms with E-state index in [2.05, 4.69) is 10.8 Å². The van der Waals surface area contributed by atoms with Gasteiger partial charge in [-0.25, -0.2) is 0 Å². The van der Waals surface area contributed by atoms with Gasteiger partial charge in [0.1, 0.15) is 24.5 Å². The monoisotopic (exact) mass is 178 g/mol. The quantitative estimate of drug-likeness (QED) is 0.312. The van der Waals surface area contributed by atoms with Gasteiger partial charge in [-0.05, 0) is 7.05 Å². The Labute approximate surface area is 70.1 Å². The van der Waals surface area contributed by atoms with Crippen molar-refractivity contribution in [3.05, 3.63) is 0 Å². The summed E-state index contributed by atoms with van der Waals surface area (Å²) in [5.41, 5.74) is 2.47. The van der Waals surface area contributed by atoms with Gasteiger partial charge >= 0.3 is 0 Å². The number of aliphatic hydroxyl groups is 3. The molecule has 5 N–H and O–H groups in total. The molecule has 0 radical (unpaired) electrons. The molecule has 4 atom stereocenters. The maximum absolute atomic E-state index is 9.37. The van der Waals surface area contributed by atoms with Gasteiger partial charge in [-0.1, -0.05) is 0 Å². The third kappa shape index (κ3) is 1.74. The molecule has 0 aromatic heterocycles. The lowest BCUT2D eigenvalue weighted by Crippen LogP contribution is -2.63. The Hall–Kier alpha value is -0.240. The first-order valence-electron chi connectivity index (χ1n) is 3.76. The van der Waals surface area contributed by atoms with E-state index in [4.69, 9.17) is 9.94 Å². The summed E-state index contributed by atoms with van der Waals surface area (Å²) in [4.78, 5) is 4.84. The van der Waals surface area contributed by atoms with Gasteiger partial charge in [-0.15, -0.1) is 0 Å². The van der Waals surface area contributed by atoms with Crippen LogP contribution in [-0.4, -0.2) is 53.5 Å². The molecular formula is C6H14N2O4. The van der Waals surface area contributed by atoms with E-state index in [9.17, 15) is 10.2 Å². The van der Waals surface area contributed by atoms with Crippen LogP contribution in [0.15, 0.2) is 0 Å². The fourth-order valence-corrected chi connectivity index (χ4v) is 1.09. The third-order valence-corrected chi connectivity index (χ3v) is 1.91. The van der Waals surface area contributed by atoms with Crippen molar-refractivity contribution in [1.29, 1.82) is 0 Å². The fraction of sp³-hybridized carbons (Fsp3) is 1.00. The first-order chi connectivity index (χ1) is 5.70. The molecule has 0 aromatic carbocycles. The molecule has 6 nitrogen and oxygen atoms in total. The average molecular weight is 178 g/mol. The van der Waals surface area contributed by atoms with Gasteiger partial charge in [0.15, 0.2) is 0 Å². The van der Waals surface area contributed by atoms with E-state index in [-0.39, 0.29) is 6.61 Å². The predicted molar refractivity (Wildman–Crippen MR) is 40.0 cm³/mol. The standard InChI is InChI=1S/C6H14N2O4/c1-7-6-5(11)4(10)3(2-9)12-8-6/h3-11H,2H2,1H3/t3?,4-,5?,6?/m1/s1. The summed E-state index contributed by atoms with van der Waals surface area (Å²) in [5, 5.41) is 30.1. The van der Waals surface area contributed by atoms with Crippen molar-refractivity contribution < 1.29 is 20.2 Å². The maximum atomic E-state index is 9.37. The molecule has 1 aliphatic heterocycles. The van der Waals surface area contributed by atoms with E-state index >= 15 is 0 Å². The lowest BCUT2D eigenvalue weighted by molar-refractivity contribution is -0.206. The normalized spacial score (nSPS) is 43.0. The van der Waals surface area contributed by atoms with Gasteiger partial charge in [0.25, 0.3) is 0 Å². The van der Waals surface area contributed by atoms with E-state index < -0.39 is 24.5 Å². The molecule has 0 amide bonds. The molecule has 0 aliphatic carbocycles. The molecule has 1 saturated heterocycles. The van der Waals surface area contributed by atoms with Gasteiger partial charge in [-0.3, -0.25) is 4.84 Å². The molecule has 6 heteroatoms. The number of nitrogens with one attached hydrogen (secondary N) is 2. The van der Waals surface area contributed by atoms with Gasteiger partial charge in [0, 0.05) is 0 Å². The number of hydrogen-bond donors (Lipinski definition) is 5. The molecule has 1 rings (SSSR count). The maximum Gasteiger partial charge on any atom is 0.130 e. The summed E-state index contributed by atoms with van der Waals surface area (Å²) in [5.74, 6) is 0. The Morgan fingerprint density at radius 3 is 2.58 bits per heavy atom. The zero-order valence-electron chi connectivity index (χ0n) is 6.77. The molecule has 72 valence electrons. The van der Waals surface area contributed by atoms with E-state index in [0.29, 0.717) is 0 Å². The lowest BCUT2D eigenvalue weighted by Gasteiger charge is -2.36. The number of rotatable bonds is 2. The van der Waals surface area contributed by atoms with Crippen LogP contribution in [0.2, 0.25) is 0 Å². The highest BCUT2D eigenvalue weighted by Gasteiger charge is 2.37. The van der Waals surface area contributed by atoms with Crippen molar-refractivity contribution in [3.8, 4) is 0 Å². The number of aliphatic hydroxyl groups excluding tert-OH is 3. The van der Waals surface area contributed by atoms with Gasteiger partial charge in [0.05, 0.1) is 6.61 Å². The molecule has 1 aliphatic rings. The van der Waals surface area contributed by atoms with Crippen molar-refractivity contribution in [3.63, 3.8) is 0 Å². The minimum Gasteiger partial charge on any atom is -0.393 e. The molecule has 0 saturated carbocycles. The number of hydrogen-bond acceptors (Lipinski definition) is 6. The third-order valence-electron chi connectivity index (χ3n) is 1.91. The molecule has 0 aromatic rings. The molecule has 12 heavy (non-hydrogen) atoms. The second kappa shape index (κ2) is 4.13. The van der Waals surface area contributed by atoms with Crippen LogP contribution < -0.4 is 10.8 Å². The topological polar surface area (TPSA) is 94.0 Å². The summed E-state index contributed by atoms with van der Waals surface area (Å²) in [6, 6.07) is 0. The van der Waals surface area contributed by atoms with Gasteiger partial charge in [0.2, 0.25) is 0 Å². The molecular weight excluding hydrogens is 164 g/mol. The van der Waals surface area contributed by atoms with Crippen molar-refractivity contribution in [2.24, 2.45) is 0 Å². The minimum absolute atomic E-state index is 0.332. The fourth-order valence-electron chi connectivity index (χ4n) is 1.09. The van der Waals surface area contributed by atoms with Crippen LogP contribution in [0.3, 0.4) is 0 Å². The Morgan fingerprint density at radius 1 is 1.42 bits per heavy atom. The van der Waals surface area contributed by atoms with E-state index in [0.717, 1.165) is 0 Å². The van der Waals surface area contributed by atoms with Gasteiger partial charge in [-0.2, -0.15) is 5.48 Å². The minimum atomic E-state index is -1.08. The van der Waals surface area contributed by atoms with E-state index in [1.807, 2.05) is 0 Å². The molecule has 3 unspecified atom stereocenters. The Kier molecular flexibility index (Phi) is 3.39. The highest BCUT2D eigenvalue weighted by atomic mass is 16.7. The van der Waals surface area contributed by atoms with Crippen LogP contribution in [0.1, 0.15) is 0 Å². The Morgan fingerprint density at radius 2 is 2.08 bits per heavy atom. The number of hydroxylamine groups is 1. The van der Waals surface area contributed by atoms with Crippen LogP contribution in [0.5, 0.6) is 0 Å². The van der Waals surface area contributed by atoms with Crippen molar-refractivity contribution in [2.45, 2.75) is 24.5 Å². The summed E-state index contributed by atoms with van der Waals surface area (Å²) in [7, 11) is 1.62. The Bertz CT molecular complexity index is 130. The van der Waals surface area contributed by atoms with Crippen LogP contribution >= 0.6 is 0 Å². The summed E-state index contributed by atoms with van der Waals surface area (Å²) in [6.45, 7) is -0.332. The molecule has 0 spiro atoms. The first-order valence-corrected chi connectivity index (χ1v) is 3.76. The van der Waals surface area contributed by atoms with Crippen molar-refractivity contribution in [2.75, 3.05) is 13.7 Å². The summed E-state index contributed by atoms with van der Waals surface area (Å²) in [6.07, 6.45) is -3.35. The van der Waals surface area contributed by atoms with Crippen LogP contribution in [-0.2, 0) is 4.84 Å². The van der Waals surface area contributed by atoms with Gasteiger partial charge < -0.3 is 20.6 Å². The van der Waals surface area contributed by atoms with E-state index in [1.165, 1.54) is 0 Å². The summed E-state index contributed by atoms with van der Waals surface area (Å²) >= 11 is 0. The predicted octanol–water partition coefficient (Wildman–Crippen LogP) is -2.85. The molecule has 1 heterocycles. The second-order valence-electron chi connectivity index (χ2n) is 2.70. The zero-order chi connectivity index (χ0) is 9.14. The van der Waals surface area contributed by atoms with Crippen molar-refractivity contribution >= 4 is 0 Å². The molecule has 0 bridgehead atoms. The summed E-state index contributed by atoms with van der Waals surface area (Å²) < 4.78 is 0. The largest absolute Gasteiger partial charge is 0.393 e. The SMILES string of the molecule is CNC1NOC(CO)[C@@H](O)C1O. The highest BCUT2D eigenvalue weighted by molar-refractivity contribution is 4.85. The molecule has 1 fully saturated rings. The Balaban J connectivity index is 2.52. The van der Waals surface area contributed by atoms with Crippen molar-refractivity contribution in [1.82, 2.24) is 10.8 Å². The smallest absolute Gasteiger partial charge is 0.130 e. The average Bonchev–Trinajstić information content (AvgIpc) is 2.10. The number of likely N-dealkylation sites (N-methyl/N-ethyl adjacent to an activating group) is 1.